The van der Waals surface area contributed by atoms with Gasteiger partial charge in [-0.25, -0.2) is 4.98 Å². The van der Waals surface area contributed by atoms with Crippen molar-refractivity contribution in [3.8, 4) is 11.6 Å². The average Bonchev–Trinajstić information content (AvgIpc) is 3.19. The summed E-state index contributed by atoms with van der Waals surface area (Å²) in [7, 11) is 1.60. The van der Waals surface area contributed by atoms with E-state index in [1.807, 2.05) is 36.6 Å². The minimum absolute atomic E-state index is 0.0433. The lowest BCUT2D eigenvalue weighted by molar-refractivity contribution is -0.116. The molecule has 0 aliphatic rings. The van der Waals surface area contributed by atoms with E-state index in [0.29, 0.717) is 22.2 Å². The molecule has 0 saturated heterocycles. The van der Waals surface area contributed by atoms with Gasteiger partial charge in [0.1, 0.15) is 5.75 Å². The number of carbonyl (C=O) groups excluding carboxylic acids is 2. The van der Waals surface area contributed by atoms with Crippen LogP contribution in [0.15, 0.2) is 60.1 Å². The number of ether oxygens (including phenoxy) is 1. The number of thiophene rings is 1. The van der Waals surface area contributed by atoms with Crippen LogP contribution >= 0.6 is 11.3 Å². The van der Waals surface area contributed by atoms with Crippen LogP contribution in [0.1, 0.15) is 15.2 Å². The number of hydrogen-bond donors (Lipinski definition) is 1. The molecule has 1 N–H and O–H groups in total. The number of anilines is 1. The fourth-order valence-corrected chi connectivity index (χ4v) is 3.04. The van der Waals surface area contributed by atoms with Crippen LogP contribution in [-0.4, -0.2) is 35.3 Å². The summed E-state index contributed by atoms with van der Waals surface area (Å²) < 4.78 is 5.66. The summed E-state index contributed by atoms with van der Waals surface area (Å²) in [5.41, 5.74) is 1.68. The Morgan fingerprint density at radius 3 is 2.56 bits per heavy atom. The SMILES string of the molecule is Cc1ccc(Oc2ccc(NC(=O)CN(C)C(=O)c3cccs3)cn2)cc1. The smallest absolute Gasteiger partial charge is 0.264 e. The second-order valence-electron chi connectivity index (χ2n) is 5.99. The van der Waals surface area contributed by atoms with Gasteiger partial charge in [-0.05, 0) is 36.6 Å². The van der Waals surface area contributed by atoms with Gasteiger partial charge >= 0.3 is 0 Å². The minimum atomic E-state index is -0.295. The maximum absolute atomic E-state index is 12.2. The van der Waals surface area contributed by atoms with Crippen molar-refractivity contribution in [2.24, 2.45) is 0 Å². The molecule has 0 aliphatic heterocycles. The van der Waals surface area contributed by atoms with E-state index in [1.165, 1.54) is 22.4 Å². The molecule has 6 nitrogen and oxygen atoms in total. The van der Waals surface area contributed by atoms with E-state index in [9.17, 15) is 9.59 Å². The highest BCUT2D eigenvalue weighted by Gasteiger charge is 2.15. The summed E-state index contributed by atoms with van der Waals surface area (Å²) >= 11 is 1.35. The van der Waals surface area contributed by atoms with Crippen LogP contribution in [0.4, 0.5) is 5.69 Å². The van der Waals surface area contributed by atoms with Gasteiger partial charge in [0.25, 0.3) is 5.91 Å². The standard InChI is InChI=1S/C20H19N3O3S/c1-14-5-8-16(9-6-14)26-19-10-7-15(12-21-19)22-18(24)13-23(2)20(25)17-4-3-11-27-17/h3-12H,13H2,1-2H3,(H,22,24). The van der Waals surface area contributed by atoms with Crippen LogP contribution in [0, 0.1) is 6.92 Å². The van der Waals surface area contributed by atoms with Crippen LogP contribution in [0.25, 0.3) is 0 Å². The first-order valence-corrected chi connectivity index (χ1v) is 9.18. The molecule has 27 heavy (non-hydrogen) atoms. The lowest BCUT2D eigenvalue weighted by Gasteiger charge is -2.15. The molecular weight excluding hydrogens is 362 g/mol. The lowest BCUT2D eigenvalue weighted by atomic mass is 10.2. The van der Waals surface area contributed by atoms with E-state index in [-0.39, 0.29) is 18.4 Å². The van der Waals surface area contributed by atoms with Crippen molar-refractivity contribution in [3.63, 3.8) is 0 Å². The number of hydrogen-bond acceptors (Lipinski definition) is 5. The first kappa shape index (κ1) is 18.6. The van der Waals surface area contributed by atoms with Gasteiger partial charge in [0, 0.05) is 13.1 Å². The monoisotopic (exact) mass is 381 g/mol. The molecule has 0 spiro atoms. The molecular formula is C20H19N3O3S. The maximum atomic E-state index is 12.2. The van der Waals surface area contributed by atoms with Crippen molar-refractivity contribution >= 4 is 28.8 Å². The fraction of sp³-hybridized carbons (Fsp3) is 0.150. The number of aryl methyl sites for hydroxylation is 1. The van der Waals surface area contributed by atoms with Gasteiger partial charge in [-0.15, -0.1) is 11.3 Å². The number of rotatable bonds is 6. The zero-order chi connectivity index (χ0) is 19.2. The molecule has 3 aromatic rings. The minimum Gasteiger partial charge on any atom is -0.439 e. The lowest BCUT2D eigenvalue weighted by Crippen LogP contribution is -2.34. The number of benzene rings is 1. The number of aromatic nitrogens is 1. The molecule has 2 amide bonds. The van der Waals surface area contributed by atoms with Gasteiger partial charge in [0.15, 0.2) is 0 Å². The van der Waals surface area contributed by atoms with Gasteiger partial charge < -0.3 is 15.0 Å². The Balaban J connectivity index is 1.53. The molecule has 0 aliphatic carbocycles. The molecule has 3 rings (SSSR count). The topological polar surface area (TPSA) is 71.5 Å². The summed E-state index contributed by atoms with van der Waals surface area (Å²) in [6, 6.07) is 14.6. The number of carbonyl (C=O) groups is 2. The first-order valence-electron chi connectivity index (χ1n) is 8.30. The molecule has 0 bridgehead atoms. The van der Waals surface area contributed by atoms with Gasteiger partial charge in [0.05, 0.1) is 23.3 Å². The number of pyridine rings is 1. The quantitative estimate of drug-likeness (QED) is 0.702. The molecule has 0 unspecified atom stereocenters. The third-order valence-electron chi connectivity index (χ3n) is 3.72. The van der Waals surface area contributed by atoms with Gasteiger partial charge in [-0.1, -0.05) is 23.8 Å². The number of nitrogens with zero attached hydrogens (tertiary/aromatic N) is 2. The number of likely N-dealkylation sites (N-methyl/N-ethyl adjacent to an activating group) is 1. The van der Waals surface area contributed by atoms with Crippen LogP contribution in [0.5, 0.6) is 11.6 Å². The molecule has 0 radical (unpaired) electrons. The highest BCUT2D eigenvalue weighted by molar-refractivity contribution is 7.12. The van der Waals surface area contributed by atoms with Crippen molar-refractivity contribution in [1.29, 1.82) is 0 Å². The predicted molar refractivity (Wildman–Crippen MR) is 105 cm³/mol. The Labute approximate surface area is 161 Å². The first-order chi connectivity index (χ1) is 13.0. The van der Waals surface area contributed by atoms with Crippen molar-refractivity contribution in [3.05, 3.63) is 70.5 Å². The third kappa shape index (κ3) is 5.15. The summed E-state index contributed by atoms with van der Waals surface area (Å²) in [6.07, 6.45) is 1.52. The maximum Gasteiger partial charge on any atom is 0.264 e. The summed E-state index contributed by atoms with van der Waals surface area (Å²) in [4.78, 5) is 30.5. The van der Waals surface area contributed by atoms with E-state index in [2.05, 4.69) is 10.3 Å². The van der Waals surface area contributed by atoms with Crippen molar-refractivity contribution in [2.75, 3.05) is 18.9 Å². The second-order valence-corrected chi connectivity index (χ2v) is 6.93. The molecule has 138 valence electrons. The molecule has 1 aromatic carbocycles. The molecule has 0 fully saturated rings. The summed E-state index contributed by atoms with van der Waals surface area (Å²) in [5.74, 6) is 0.650. The highest BCUT2D eigenvalue weighted by Crippen LogP contribution is 2.20. The Kier molecular flexibility index (Phi) is 5.83. The van der Waals surface area contributed by atoms with E-state index < -0.39 is 0 Å². The molecule has 2 heterocycles. The van der Waals surface area contributed by atoms with Gasteiger partial charge in [-0.3, -0.25) is 9.59 Å². The van der Waals surface area contributed by atoms with E-state index in [0.717, 1.165) is 5.56 Å². The molecule has 7 heteroatoms. The Bertz CT molecular complexity index is 907. The Morgan fingerprint density at radius 2 is 1.93 bits per heavy atom. The van der Waals surface area contributed by atoms with Crippen LogP contribution in [0.3, 0.4) is 0 Å². The predicted octanol–water partition coefficient (Wildman–Crippen LogP) is 3.95. The van der Waals surface area contributed by atoms with Crippen molar-refractivity contribution in [2.45, 2.75) is 6.92 Å². The van der Waals surface area contributed by atoms with Crippen LogP contribution in [0.2, 0.25) is 0 Å². The van der Waals surface area contributed by atoms with Gasteiger partial charge in [0.2, 0.25) is 11.8 Å². The summed E-state index contributed by atoms with van der Waals surface area (Å²) in [5, 5.41) is 4.55. The van der Waals surface area contributed by atoms with Crippen molar-refractivity contribution in [1.82, 2.24) is 9.88 Å². The van der Waals surface area contributed by atoms with Crippen LogP contribution in [-0.2, 0) is 4.79 Å². The van der Waals surface area contributed by atoms with Crippen LogP contribution < -0.4 is 10.1 Å². The second kappa shape index (κ2) is 8.46. The number of amides is 2. The normalized spacial score (nSPS) is 10.3. The van der Waals surface area contributed by atoms with Crippen molar-refractivity contribution < 1.29 is 14.3 Å². The highest BCUT2D eigenvalue weighted by atomic mass is 32.1. The zero-order valence-corrected chi connectivity index (χ0v) is 15.8. The third-order valence-corrected chi connectivity index (χ3v) is 4.58. The number of nitrogens with one attached hydrogen (secondary N) is 1. The Morgan fingerprint density at radius 1 is 1.15 bits per heavy atom. The average molecular weight is 381 g/mol. The molecule has 0 saturated carbocycles. The largest absolute Gasteiger partial charge is 0.439 e. The Hall–Kier alpha value is -3.19. The molecule has 2 aromatic heterocycles. The zero-order valence-electron chi connectivity index (χ0n) is 15.0. The van der Waals surface area contributed by atoms with Gasteiger partial charge in [-0.2, -0.15) is 0 Å². The molecule has 0 atom stereocenters. The fourth-order valence-electron chi connectivity index (χ4n) is 2.32. The van der Waals surface area contributed by atoms with E-state index >= 15 is 0 Å². The van der Waals surface area contributed by atoms with E-state index in [4.69, 9.17) is 4.74 Å². The summed E-state index contributed by atoms with van der Waals surface area (Å²) in [6.45, 7) is 1.96. The van der Waals surface area contributed by atoms with E-state index in [1.54, 1.807) is 31.3 Å².